The molecule has 0 rings (SSSR count). The van der Waals surface area contributed by atoms with Crippen LogP contribution in [0.4, 0.5) is 0 Å². The van der Waals surface area contributed by atoms with Crippen LogP contribution in [0.2, 0.25) is 0 Å². The Morgan fingerprint density at radius 3 is 0.702 bits per heavy atom. The zero-order valence-electron chi connectivity index (χ0n) is 33.6. The van der Waals surface area contributed by atoms with Gasteiger partial charge in [0.25, 0.3) is 0 Å². The number of halogens is 2. The third kappa shape index (κ3) is 42.9. The summed E-state index contributed by atoms with van der Waals surface area (Å²) in [6.45, 7) is 12.3. The van der Waals surface area contributed by atoms with Gasteiger partial charge >= 0.3 is 0 Å². The van der Waals surface area contributed by atoms with E-state index in [2.05, 4.69) is 47.4 Å². The van der Waals surface area contributed by atoms with Gasteiger partial charge in [-0.3, -0.25) is 0 Å². The topological polar surface area (TPSA) is 12.0 Å². The Kier molecular flexibility index (Phi) is 44.0. The first kappa shape index (κ1) is 52.2. The fraction of sp³-hybridized carbons (Fsp3) is 1.00. The zero-order valence-corrected chi connectivity index (χ0v) is 36.8. The van der Waals surface area contributed by atoms with Gasteiger partial charge in [-0.2, -0.15) is 0 Å². The summed E-state index contributed by atoms with van der Waals surface area (Å²) >= 11 is 0. The van der Waals surface area contributed by atoms with Crippen LogP contribution in [-0.2, 0) is 0 Å². The molecule has 5 heteroatoms. The van der Waals surface area contributed by atoms with Crippen molar-refractivity contribution in [1.29, 1.82) is 0 Å². The molecule has 0 saturated heterocycles. The van der Waals surface area contributed by atoms with Crippen LogP contribution in [0.5, 0.6) is 0 Å². The number of nitrogens with zero attached hydrogens (tertiary/aromatic N) is 2. The number of quaternary nitrogens is 2. The standard InChI is InChI=1S/C42H91N3.2BrH/c1-7-9-11-13-15-17-19-21-23-25-27-29-31-33-39-44(3,4)41-35-37-43-38-36-42-45(5,6)40-34-32-30-28-26-24-22-20-18-16-14-12-10-8-2;;/h43H,7-42H2,1-6H3;2*1H/q+2;;/p-2. The van der Waals surface area contributed by atoms with Gasteiger partial charge in [-0.1, -0.05) is 168 Å². The lowest BCUT2D eigenvalue weighted by atomic mass is 10.0. The Bertz CT molecular complexity index is 522. The minimum atomic E-state index is 0. The summed E-state index contributed by atoms with van der Waals surface area (Å²) in [6, 6.07) is 0. The molecule has 0 atom stereocenters. The van der Waals surface area contributed by atoms with E-state index in [9.17, 15) is 0 Å². The molecule has 0 spiro atoms. The average Bonchev–Trinajstić information content (AvgIpc) is 3.00. The van der Waals surface area contributed by atoms with Gasteiger partial charge in [-0.25, -0.2) is 0 Å². The Balaban J connectivity index is -0.00000968. The maximum Gasteiger partial charge on any atom is 0.0794 e. The molecule has 0 aliphatic rings. The maximum absolute atomic E-state index is 3.75. The highest BCUT2D eigenvalue weighted by atomic mass is 79.9. The Morgan fingerprint density at radius 1 is 0.277 bits per heavy atom. The number of hydrogen-bond acceptors (Lipinski definition) is 1. The van der Waals surface area contributed by atoms with Gasteiger partial charge in [0.1, 0.15) is 0 Å². The molecule has 0 bridgehead atoms. The molecule has 1 N–H and O–H groups in total. The van der Waals surface area contributed by atoms with Crippen molar-refractivity contribution in [1.82, 2.24) is 5.32 Å². The highest BCUT2D eigenvalue weighted by molar-refractivity contribution is 4.53. The third-order valence-electron chi connectivity index (χ3n) is 10.5. The minimum absolute atomic E-state index is 0. The smallest absolute Gasteiger partial charge is 0.0794 e. The quantitative estimate of drug-likeness (QED) is 0.0558. The van der Waals surface area contributed by atoms with E-state index in [1.165, 1.54) is 241 Å². The van der Waals surface area contributed by atoms with Crippen molar-refractivity contribution in [3.8, 4) is 0 Å². The summed E-state index contributed by atoms with van der Waals surface area (Å²) in [6.07, 6.45) is 43.3. The van der Waals surface area contributed by atoms with Gasteiger partial charge in [-0.05, 0) is 25.7 Å². The molecule has 47 heavy (non-hydrogen) atoms. The van der Waals surface area contributed by atoms with Crippen LogP contribution >= 0.6 is 0 Å². The second-order valence-corrected chi connectivity index (χ2v) is 16.4. The van der Waals surface area contributed by atoms with Gasteiger partial charge in [-0.15, -0.1) is 0 Å². The number of rotatable bonds is 38. The first-order chi connectivity index (χ1) is 21.8. The van der Waals surface area contributed by atoms with Crippen molar-refractivity contribution in [3.63, 3.8) is 0 Å². The average molecular weight is 798 g/mol. The lowest BCUT2D eigenvalue weighted by molar-refractivity contribution is -0.890. The van der Waals surface area contributed by atoms with Gasteiger partial charge in [0, 0.05) is 25.9 Å². The zero-order chi connectivity index (χ0) is 33.2. The second-order valence-electron chi connectivity index (χ2n) is 16.4. The van der Waals surface area contributed by atoms with Crippen LogP contribution in [-0.4, -0.2) is 76.4 Å². The molecule has 0 aromatic rings. The molecular formula is C42H91Br2N3. The molecule has 0 saturated carbocycles. The minimum Gasteiger partial charge on any atom is -1.00 e. The molecule has 288 valence electrons. The molecular weight excluding hydrogens is 706 g/mol. The summed E-state index contributed by atoms with van der Waals surface area (Å²) in [4.78, 5) is 0. The monoisotopic (exact) mass is 796 g/mol. The van der Waals surface area contributed by atoms with Gasteiger partial charge in [0.05, 0.1) is 54.4 Å². The predicted octanol–water partition coefficient (Wildman–Crippen LogP) is 6.48. The number of unbranched alkanes of at least 4 members (excludes halogenated alkanes) is 26. The summed E-state index contributed by atoms with van der Waals surface area (Å²) in [5, 5.41) is 3.75. The van der Waals surface area contributed by atoms with Crippen molar-refractivity contribution in [2.75, 3.05) is 67.5 Å². The van der Waals surface area contributed by atoms with E-state index in [4.69, 9.17) is 0 Å². The van der Waals surface area contributed by atoms with Crippen LogP contribution in [0.3, 0.4) is 0 Å². The van der Waals surface area contributed by atoms with Gasteiger partial charge in [0.15, 0.2) is 0 Å². The molecule has 0 unspecified atom stereocenters. The Labute approximate surface area is 320 Å². The Hall–Kier alpha value is 0.840. The van der Waals surface area contributed by atoms with E-state index in [1.807, 2.05) is 0 Å². The van der Waals surface area contributed by atoms with E-state index < -0.39 is 0 Å². The van der Waals surface area contributed by atoms with Crippen molar-refractivity contribution >= 4 is 0 Å². The van der Waals surface area contributed by atoms with E-state index >= 15 is 0 Å². The molecule has 0 fully saturated rings. The van der Waals surface area contributed by atoms with Crippen molar-refractivity contribution < 1.29 is 42.9 Å². The molecule has 0 radical (unpaired) electrons. The first-order valence-corrected chi connectivity index (χ1v) is 21.2. The van der Waals surface area contributed by atoms with Gasteiger partial charge in [0.2, 0.25) is 0 Å². The largest absolute Gasteiger partial charge is 1.00 e. The maximum atomic E-state index is 3.75. The van der Waals surface area contributed by atoms with E-state index in [-0.39, 0.29) is 34.0 Å². The van der Waals surface area contributed by atoms with E-state index in [1.54, 1.807) is 0 Å². The van der Waals surface area contributed by atoms with E-state index in [0.717, 1.165) is 0 Å². The van der Waals surface area contributed by atoms with Crippen molar-refractivity contribution in [2.45, 2.75) is 206 Å². The fourth-order valence-electron chi connectivity index (χ4n) is 7.08. The Morgan fingerprint density at radius 2 is 0.468 bits per heavy atom. The fourth-order valence-corrected chi connectivity index (χ4v) is 7.08. The lowest BCUT2D eigenvalue weighted by Crippen LogP contribution is -3.00. The summed E-state index contributed by atoms with van der Waals surface area (Å²) in [5.74, 6) is 0. The summed E-state index contributed by atoms with van der Waals surface area (Å²) in [5.41, 5.74) is 0. The molecule has 0 aliphatic carbocycles. The first-order valence-electron chi connectivity index (χ1n) is 21.2. The van der Waals surface area contributed by atoms with Crippen LogP contribution in [0.15, 0.2) is 0 Å². The SMILES string of the molecule is CCCCCCCCCCCCCCCC[N+](C)(C)CCCNCCC[N+](C)(C)CCCCCCCCCCCCCCCC.[Br-].[Br-]. The van der Waals surface area contributed by atoms with Crippen molar-refractivity contribution in [3.05, 3.63) is 0 Å². The van der Waals surface area contributed by atoms with Crippen LogP contribution < -0.4 is 39.3 Å². The predicted molar refractivity (Wildman–Crippen MR) is 206 cm³/mol. The molecule has 3 nitrogen and oxygen atoms in total. The van der Waals surface area contributed by atoms with Crippen LogP contribution in [0.25, 0.3) is 0 Å². The van der Waals surface area contributed by atoms with Crippen molar-refractivity contribution in [2.24, 2.45) is 0 Å². The van der Waals surface area contributed by atoms with Crippen LogP contribution in [0, 0.1) is 0 Å². The highest BCUT2D eigenvalue weighted by Gasteiger charge is 2.15. The normalized spacial score (nSPS) is 11.9. The molecule has 0 aromatic carbocycles. The van der Waals surface area contributed by atoms with Crippen LogP contribution in [0.1, 0.15) is 206 Å². The lowest BCUT2D eigenvalue weighted by Gasteiger charge is -2.30. The third-order valence-corrected chi connectivity index (χ3v) is 10.5. The molecule has 0 aliphatic heterocycles. The molecule has 0 aromatic heterocycles. The molecule has 0 amide bonds. The van der Waals surface area contributed by atoms with E-state index in [0.29, 0.717) is 0 Å². The molecule has 0 heterocycles. The summed E-state index contributed by atoms with van der Waals surface area (Å²) < 4.78 is 2.39. The van der Waals surface area contributed by atoms with Gasteiger partial charge < -0.3 is 48.2 Å². The second kappa shape index (κ2) is 39.6. The summed E-state index contributed by atoms with van der Waals surface area (Å²) in [7, 11) is 9.78. The number of hydrogen-bond donors (Lipinski definition) is 1. The number of nitrogens with one attached hydrogen (secondary N) is 1. The highest BCUT2D eigenvalue weighted by Crippen LogP contribution is 2.15.